The minimum atomic E-state index is -3.53. The summed E-state index contributed by atoms with van der Waals surface area (Å²) in [6.45, 7) is 0.629. The van der Waals surface area contributed by atoms with Crippen molar-refractivity contribution >= 4 is 21.6 Å². The summed E-state index contributed by atoms with van der Waals surface area (Å²) in [6, 6.07) is 7.72. The molecule has 1 saturated carbocycles. The fourth-order valence-corrected chi connectivity index (χ4v) is 5.98. The predicted molar refractivity (Wildman–Crippen MR) is 103 cm³/mol. The maximum Gasteiger partial charge on any atom is 0.311 e. The third-order valence-electron chi connectivity index (χ3n) is 6.31. The molecule has 1 saturated heterocycles. The van der Waals surface area contributed by atoms with Crippen LogP contribution >= 0.6 is 0 Å². The number of nitrogens with one attached hydrogen (secondary N) is 1. The third-order valence-corrected chi connectivity index (χ3v) is 6.92. The second kappa shape index (κ2) is 6.72. The molecule has 6 nitrogen and oxygen atoms in total. The Morgan fingerprint density at radius 1 is 1.19 bits per heavy atom. The van der Waals surface area contributed by atoms with Gasteiger partial charge in [-0.2, -0.15) is 13.1 Å². The quantitative estimate of drug-likeness (QED) is 0.633. The molecule has 2 aliphatic heterocycles. The van der Waals surface area contributed by atoms with Crippen molar-refractivity contribution in [3.05, 3.63) is 41.6 Å². The SMILES string of the molecule is C[N+]1(OS(C)(=O)=O)CCC(C=C2Nc3ccccc3C2=O)C2CCCCC21. The van der Waals surface area contributed by atoms with E-state index in [0.29, 0.717) is 18.2 Å². The Kier molecular flexibility index (Phi) is 4.64. The number of para-hydroxylation sites is 1. The van der Waals surface area contributed by atoms with E-state index in [2.05, 4.69) is 11.4 Å². The monoisotopic (exact) mass is 391 g/mol. The lowest BCUT2D eigenvalue weighted by molar-refractivity contribution is -1.09. The Labute approximate surface area is 160 Å². The number of carbonyl (C=O) groups is 1. The van der Waals surface area contributed by atoms with Crippen LogP contribution in [0.4, 0.5) is 5.69 Å². The number of Topliss-reactive ketones (excluding diaryl/α,β-unsaturated/α-hetero) is 1. The van der Waals surface area contributed by atoms with Crippen LogP contribution in [0, 0.1) is 11.8 Å². The van der Waals surface area contributed by atoms with Gasteiger partial charge < -0.3 is 5.32 Å². The fourth-order valence-electron chi connectivity index (χ4n) is 5.18. The average molecular weight is 392 g/mol. The number of likely N-dealkylation sites (tertiary alicyclic amines) is 1. The normalized spacial score (nSPS) is 34.8. The van der Waals surface area contributed by atoms with E-state index < -0.39 is 10.1 Å². The molecule has 0 aromatic heterocycles. The summed E-state index contributed by atoms with van der Waals surface area (Å²) in [4.78, 5) is 12.7. The first kappa shape index (κ1) is 18.7. The van der Waals surface area contributed by atoms with Crippen LogP contribution in [0.15, 0.2) is 36.0 Å². The third kappa shape index (κ3) is 3.56. The minimum Gasteiger partial charge on any atom is -0.352 e. The molecule has 1 aliphatic carbocycles. The van der Waals surface area contributed by atoms with Crippen LogP contribution in [-0.4, -0.2) is 44.7 Å². The van der Waals surface area contributed by atoms with Crippen LogP contribution in [0.3, 0.4) is 0 Å². The van der Waals surface area contributed by atoms with Crippen LogP contribution in [-0.2, 0) is 14.4 Å². The van der Waals surface area contributed by atoms with Gasteiger partial charge >= 0.3 is 10.1 Å². The predicted octanol–water partition coefficient (Wildman–Crippen LogP) is 3.10. The summed E-state index contributed by atoms with van der Waals surface area (Å²) in [5.41, 5.74) is 2.25. The average Bonchev–Trinajstić information content (AvgIpc) is 2.93. The highest BCUT2D eigenvalue weighted by Gasteiger charge is 2.50. The standard InChI is InChI=1S/C20H26N2O4S/c1-22(26-27(2,24)25)12-11-14(15-7-4-6-10-19(15)22)13-18-20(23)16-8-3-5-9-17(16)21-18/h3,5,8-9,13-15,19H,4,6-7,10-12H2,1-2H3/p+1. The molecule has 3 aliphatic rings. The van der Waals surface area contributed by atoms with Crippen molar-refractivity contribution in [3.63, 3.8) is 0 Å². The lowest BCUT2D eigenvalue weighted by Crippen LogP contribution is -2.61. The molecule has 0 bridgehead atoms. The molecule has 27 heavy (non-hydrogen) atoms. The van der Waals surface area contributed by atoms with Gasteiger partial charge in [0.05, 0.1) is 12.0 Å². The smallest absolute Gasteiger partial charge is 0.311 e. The maximum atomic E-state index is 12.7. The lowest BCUT2D eigenvalue weighted by Gasteiger charge is -2.49. The number of rotatable bonds is 3. The molecule has 7 heteroatoms. The van der Waals surface area contributed by atoms with Gasteiger partial charge in [-0.3, -0.25) is 4.79 Å². The zero-order valence-electron chi connectivity index (χ0n) is 15.8. The van der Waals surface area contributed by atoms with Gasteiger partial charge in [-0.1, -0.05) is 28.9 Å². The highest BCUT2D eigenvalue weighted by atomic mass is 32.2. The zero-order chi connectivity index (χ0) is 19.2. The fraction of sp³-hybridized carbons (Fsp3) is 0.550. The topological polar surface area (TPSA) is 72.5 Å². The van der Waals surface area contributed by atoms with Crippen molar-refractivity contribution in [1.82, 2.24) is 0 Å². The molecule has 4 atom stereocenters. The highest BCUT2D eigenvalue weighted by molar-refractivity contribution is 7.85. The van der Waals surface area contributed by atoms with Gasteiger partial charge in [0.25, 0.3) is 0 Å². The Balaban J connectivity index is 1.60. The van der Waals surface area contributed by atoms with Crippen molar-refractivity contribution in [3.8, 4) is 0 Å². The molecule has 1 N–H and O–H groups in total. The van der Waals surface area contributed by atoms with E-state index >= 15 is 0 Å². The number of nitrogens with zero attached hydrogens (tertiary/aromatic N) is 1. The summed E-state index contributed by atoms with van der Waals surface area (Å²) in [7, 11) is -1.64. The number of hydrogen-bond donors (Lipinski definition) is 1. The molecule has 2 fully saturated rings. The second-order valence-corrected chi connectivity index (χ2v) is 9.78. The molecule has 4 unspecified atom stereocenters. The number of hydrogen-bond acceptors (Lipinski definition) is 5. The highest BCUT2D eigenvalue weighted by Crippen LogP contribution is 2.44. The lowest BCUT2D eigenvalue weighted by atomic mass is 9.71. The molecule has 2 heterocycles. The van der Waals surface area contributed by atoms with Crippen LogP contribution in [0.25, 0.3) is 0 Å². The van der Waals surface area contributed by atoms with Gasteiger partial charge in [-0.25, -0.2) is 0 Å². The van der Waals surface area contributed by atoms with Crippen molar-refractivity contribution in [1.29, 1.82) is 0 Å². The number of anilines is 1. The number of ketones is 1. The second-order valence-electron chi connectivity index (χ2n) is 8.22. The summed E-state index contributed by atoms with van der Waals surface area (Å²) < 4.78 is 29.3. The van der Waals surface area contributed by atoms with Gasteiger partial charge in [0.2, 0.25) is 5.78 Å². The zero-order valence-corrected chi connectivity index (χ0v) is 16.7. The first-order chi connectivity index (χ1) is 12.8. The minimum absolute atomic E-state index is 0.0492. The van der Waals surface area contributed by atoms with E-state index in [4.69, 9.17) is 4.28 Å². The first-order valence-electron chi connectivity index (χ1n) is 9.66. The molecule has 1 aromatic carbocycles. The van der Waals surface area contributed by atoms with E-state index in [-0.39, 0.29) is 22.4 Å². The molecule has 0 spiro atoms. The number of allylic oxidation sites excluding steroid dienone is 2. The summed E-state index contributed by atoms with van der Waals surface area (Å²) in [6.07, 6.45) is 8.26. The maximum absolute atomic E-state index is 12.7. The van der Waals surface area contributed by atoms with Crippen LogP contribution in [0.2, 0.25) is 0 Å². The number of hydroxylamine groups is 3. The van der Waals surface area contributed by atoms with Gasteiger partial charge in [-0.05, 0) is 30.9 Å². The summed E-state index contributed by atoms with van der Waals surface area (Å²) in [5.74, 6) is 0.628. The molecular weight excluding hydrogens is 364 g/mol. The number of carbonyl (C=O) groups excluding carboxylic acids is 1. The number of quaternary nitrogens is 1. The van der Waals surface area contributed by atoms with Gasteiger partial charge in [-0.15, -0.1) is 0 Å². The summed E-state index contributed by atoms with van der Waals surface area (Å²) in [5, 5.41) is 3.27. The van der Waals surface area contributed by atoms with Crippen molar-refractivity contribution in [2.75, 3.05) is 25.2 Å². The summed E-state index contributed by atoms with van der Waals surface area (Å²) >= 11 is 0. The Morgan fingerprint density at radius 3 is 2.67 bits per heavy atom. The van der Waals surface area contributed by atoms with Crippen molar-refractivity contribution in [2.45, 2.75) is 38.1 Å². The van der Waals surface area contributed by atoms with Crippen LogP contribution in [0.1, 0.15) is 42.5 Å². The molecule has 0 radical (unpaired) electrons. The van der Waals surface area contributed by atoms with E-state index in [0.717, 1.165) is 49.6 Å². The van der Waals surface area contributed by atoms with Gasteiger partial charge in [0, 0.05) is 30.0 Å². The van der Waals surface area contributed by atoms with E-state index in [1.54, 1.807) is 0 Å². The molecule has 1 aromatic rings. The Hall–Kier alpha value is -1.70. The van der Waals surface area contributed by atoms with E-state index in [1.807, 2.05) is 31.3 Å². The van der Waals surface area contributed by atoms with Gasteiger partial charge in [0.1, 0.15) is 19.6 Å². The Morgan fingerprint density at radius 2 is 1.93 bits per heavy atom. The Bertz CT molecular complexity index is 895. The van der Waals surface area contributed by atoms with Crippen LogP contribution in [0.5, 0.6) is 0 Å². The largest absolute Gasteiger partial charge is 0.352 e. The number of fused-ring (bicyclic) bond motifs is 2. The van der Waals surface area contributed by atoms with Crippen molar-refractivity contribution < 1.29 is 22.1 Å². The molecule has 146 valence electrons. The molecular formula is C20H27N2O4S+. The first-order valence-corrected chi connectivity index (χ1v) is 11.5. The molecule has 4 rings (SSSR count). The number of benzene rings is 1. The number of piperidine rings is 1. The van der Waals surface area contributed by atoms with Crippen molar-refractivity contribution in [2.24, 2.45) is 11.8 Å². The van der Waals surface area contributed by atoms with Crippen LogP contribution < -0.4 is 5.32 Å². The van der Waals surface area contributed by atoms with Gasteiger partial charge in [0.15, 0.2) is 0 Å². The van der Waals surface area contributed by atoms with E-state index in [9.17, 15) is 13.2 Å². The van der Waals surface area contributed by atoms with E-state index in [1.165, 1.54) is 0 Å². The molecule has 0 amide bonds.